The van der Waals surface area contributed by atoms with Crippen molar-refractivity contribution in [2.24, 2.45) is 0 Å². The number of amides is 1. The van der Waals surface area contributed by atoms with Gasteiger partial charge < -0.3 is 28.8 Å². The van der Waals surface area contributed by atoms with E-state index in [1.807, 2.05) is 21.1 Å². The van der Waals surface area contributed by atoms with Gasteiger partial charge in [0.05, 0.1) is 39.9 Å². The van der Waals surface area contributed by atoms with Crippen LogP contribution in [0.5, 0.6) is 0 Å². The first-order chi connectivity index (χ1) is 28.5. The summed E-state index contributed by atoms with van der Waals surface area (Å²) in [5.74, 6) is -0.164. The monoisotopic (exact) mass is 859 g/mol. The smallest absolute Gasteiger partial charge is 0.268 e. The first-order valence-corrected chi connectivity index (χ1v) is 27.3. The molecule has 0 spiro atoms. The fourth-order valence-electron chi connectivity index (χ4n) is 7.98. The Morgan fingerprint density at radius 1 is 0.525 bits per heavy atom. The van der Waals surface area contributed by atoms with E-state index in [1.54, 1.807) is 0 Å². The highest BCUT2D eigenvalue weighted by Crippen LogP contribution is 2.38. The first-order valence-electron chi connectivity index (χ1n) is 25.9. The van der Waals surface area contributed by atoms with Crippen LogP contribution in [0, 0.1) is 0 Å². The molecule has 9 heteroatoms. The Morgan fingerprint density at radius 2 is 0.831 bits per heavy atom. The van der Waals surface area contributed by atoms with Gasteiger partial charge in [0.15, 0.2) is 0 Å². The largest absolute Gasteiger partial charge is 0.756 e. The molecule has 0 aliphatic carbocycles. The molecule has 3 atom stereocenters. The minimum Gasteiger partial charge on any atom is -0.756 e. The first kappa shape index (κ1) is 58.5. The van der Waals surface area contributed by atoms with E-state index >= 15 is 0 Å². The van der Waals surface area contributed by atoms with Gasteiger partial charge in [0.25, 0.3) is 7.82 Å². The van der Waals surface area contributed by atoms with E-state index in [0.717, 1.165) is 38.5 Å². The highest BCUT2D eigenvalue weighted by atomic mass is 31.2. The number of nitrogens with zero attached hydrogens (tertiary/aromatic N) is 1. The summed E-state index contributed by atoms with van der Waals surface area (Å²) < 4.78 is 23.1. The number of unbranched alkanes of at least 4 members (excludes halogenated alkanes) is 35. The highest BCUT2D eigenvalue weighted by molar-refractivity contribution is 7.45. The number of phosphoric ester groups is 1. The quantitative estimate of drug-likeness (QED) is 0.0358. The van der Waals surface area contributed by atoms with Crippen molar-refractivity contribution in [2.45, 2.75) is 276 Å². The van der Waals surface area contributed by atoms with Gasteiger partial charge in [-0.1, -0.05) is 245 Å². The number of carbonyl (C=O) groups is 1. The molecule has 0 bridgehead atoms. The maximum Gasteiger partial charge on any atom is 0.268 e. The van der Waals surface area contributed by atoms with Crippen molar-refractivity contribution < 1.29 is 32.9 Å². The normalized spacial score (nSPS) is 14.1. The molecular weight excluding hydrogens is 756 g/mol. The van der Waals surface area contributed by atoms with Gasteiger partial charge in [-0.25, -0.2) is 0 Å². The summed E-state index contributed by atoms with van der Waals surface area (Å²) in [4.78, 5) is 25.2. The SMILES string of the molecule is CCCCCCCCCCCCCCCCCCCCCCCCCCCCCCCCCC(=O)NC(COP(=O)([O-])OCC[N+](C)(C)C)C(O)CCCCCCCC. The van der Waals surface area contributed by atoms with E-state index in [-0.39, 0.29) is 19.1 Å². The summed E-state index contributed by atoms with van der Waals surface area (Å²) in [7, 11) is 1.31. The molecule has 2 N–H and O–H groups in total. The Kier molecular flexibility index (Phi) is 42.4. The predicted octanol–water partition coefficient (Wildman–Crippen LogP) is 14.3. The second-order valence-electron chi connectivity index (χ2n) is 19.2. The topological polar surface area (TPSA) is 108 Å². The van der Waals surface area contributed by atoms with E-state index in [9.17, 15) is 19.4 Å². The standard InChI is InChI=1S/C50H103N2O6P/c1-6-8-10-12-14-15-16-17-18-19-20-21-22-23-24-25-26-27-28-29-30-31-32-33-34-35-36-37-38-40-42-44-50(54)51-48(49(53)43-41-39-13-11-9-7-2)47-58-59(55,56)57-46-45-52(3,4)5/h48-49,53H,6-47H2,1-5H3,(H-,51,54,55,56). The third-order valence-electron chi connectivity index (χ3n) is 12.1. The third-order valence-corrected chi connectivity index (χ3v) is 13.1. The summed E-state index contributed by atoms with van der Waals surface area (Å²) in [5, 5.41) is 13.8. The second-order valence-corrected chi connectivity index (χ2v) is 20.7. The number of phosphoric acid groups is 1. The molecular formula is C50H103N2O6P. The molecule has 0 aromatic heterocycles. The van der Waals surface area contributed by atoms with Crippen molar-refractivity contribution in [1.82, 2.24) is 5.32 Å². The van der Waals surface area contributed by atoms with Gasteiger partial charge in [0.1, 0.15) is 13.2 Å². The fraction of sp³-hybridized carbons (Fsp3) is 0.980. The van der Waals surface area contributed by atoms with Gasteiger partial charge in [0, 0.05) is 6.42 Å². The number of carbonyl (C=O) groups excluding carboxylic acids is 1. The summed E-state index contributed by atoms with van der Waals surface area (Å²) >= 11 is 0. The van der Waals surface area contributed by atoms with Crippen LogP contribution in [-0.2, 0) is 18.4 Å². The summed E-state index contributed by atoms with van der Waals surface area (Å²) in [6, 6.07) is -0.791. The van der Waals surface area contributed by atoms with Gasteiger partial charge in [-0.2, -0.15) is 0 Å². The summed E-state index contributed by atoms with van der Waals surface area (Å²) in [6.07, 6.45) is 49.0. The van der Waals surface area contributed by atoms with Crippen molar-refractivity contribution >= 4 is 13.7 Å². The summed E-state index contributed by atoms with van der Waals surface area (Å²) in [6.45, 7) is 4.68. The zero-order chi connectivity index (χ0) is 43.6. The van der Waals surface area contributed by atoms with Crippen molar-refractivity contribution in [3.63, 3.8) is 0 Å². The van der Waals surface area contributed by atoms with E-state index in [0.29, 0.717) is 23.9 Å². The van der Waals surface area contributed by atoms with Crippen LogP contribution >= 0.6 is 7.82 Å². The van der Waals surface area contributed by atoms with Crippen LogP contribution in [0.3, 0.4) is 0 Å². The van der Waals surface area contributed by atoms with Crippen LogP contribution in [-0.4, -0.2) is 68.5 Å². The minimum atomic E-state index is -4.55. The van der Waals surface area contributed by atoms with Crippen LogP contribution in [0.4, 0.5) is 0 Å². The molecule has 0 aliphatic heterocycles. The molecule has 0 rings (SSSR count). The molecule has 0 radical (unpaired) electrons. The number of rotatable bonds is 48. The third kappa shape index (κ3) is 45.3. The lowest BCUT2D eigenvalue weighted by Gasteiger charge is -2.30. The molecule has 0 heterocycles. The van der Waals surface area contributed by atoms with E-state index < -0.39 is 20.0 Å². The Morgan fingerprint density at radius 3 is 1.15 bits per heavy atom. The van der Waals surface area contributed by atoms with E-state index in [2.05, 4.69) is 19.2 Å². The Labute approximate surface area is 368 Å². The van der Waals surface area contributed by atoms with Crippen LogP contribution in [0.25, 0.3) is 0 Å². The van der Waals surface area contributed by atoms with Gasteiger partial charge in [0.2, 0.25) is 5.91 Å². The van der Waals surface area contributed by atoms with Gasteiger partial charge in [-0.3, -0.25) is 9.36 Å². The molecule has 0 saturated heterocycles. The Hall–Kier alpha value is -0.500. The van der Waals surface area contributed by atoms with Gasteiger partial charge in [-0.05, 0) is 12.8 Å². The number of likely N-dealkylation sites (N-methyl/N-ethyl adjacent to an activating group) is 1. The van der Waals surface area contributed by atoms with E-state index in [1.165, 1.54) is 199 Å². The second kappa shape index (κ2) is 42.8. The predicted molar refractivity (Wildman–Crippen MR) is 252 cm³/mol. The minimum absolute atomic E-state index is 0.0152. The summed E-state index contributed by atoms with van der Waals surface area (Å²) in [5.41, 5.74) is 0. The zero-order valence-corrected chi connectivity index (χ0v) is 41.1. The molecule has 0 aromatic carbocycles. The number of hydrogen-bond donors (Lipinski definition) is 2. The highest BCUT2D eigenvalue weighted by Gasteiger charge is 2.24. The number of aliphatic hydroxyl groups excluding tert-OH is 1. The molecule has 3 unspecified atom stereocenters. The zero-order valence-electron chi connectivity index (χ0n) is 40.2. The van der Waals surface area contributed by atoms with Crippen LogP contribution < -0.4 is 10.2 Å². The Bertz CT molecular complexity index is 932. The number of hydrogen-bond acceptors (Lipinski definition) is 6. The van der Waals surface area contributed by atoms with Crippen LogP contribution in [0.15, 0.2) is 0 Å². The lowest BCUT2D eigenvalue weighted by molar-refractivity contribution is -0.870. The maximum absolute atomic E-state index is 12.8. The Balaban J connectivity index is 3.79. The molecule has 354 valence electrons. The molecule has 8 nitrogen and oxygen atoms in total. The van der Waals surface area contributed by atoms with Crippen LogP contribution in [0.1, 0.15) is 264 Å². The van der Waals surface area contributed by atoms with Gasteiger partial charge >= 0.3 is 0 Å². The maximum atomic E-state index is 12.8. The average Bonchev–Trinajstić information content (AvgIpc) is 3.19. The fourth-order valence-corrected chi connectivity index (χ4v) is 8.71. The molecule has 1 amide bonds. The van der Waals surface area contributed by atoms with Crippen molar-refractivity contribution in [1.29, 1.82) is 0 Å². The van der Waals surface area contributed by atoms with Gasteiger partial charge in [-0.15, -0.1) is 0 Å². The van der Waals surface area contributed by atoms with Crippen LogP contribution in [0.2, 0.25) is 0 Å². The lowest BCUT2D eigenvalue weighted by atomic mass is 10.0. The molecule has 0 saturated carbocycles. The molecule has 0 fully saturated rings. The number of quaternary nitrogens is 1. The number of aliphatic hydroxyl groups is 1. The van der Waals surface area contributed by atoms with E-state index in [4.69, 9.17) is 9.05 Å². The lowest BCUT2D eigenvalue weighted by Crippen LogP contribution is -2.46. The van der Waals surface area contributed by atoms with Crippen molar-refractivity contribution in [3.05, 3.63) is 0 Å². The molecule has 59 heavy (non-hydrogen) atoms. The number of nitrogens with one attached hydrogen (secondary N) is 1. The van der Waals surface area contributed by atoms with Crippen molar-refractivity contribution in [2.75, 3.05) is 40.9 Å². The molecule has 0 aliphatic rings. The molecule has 0 aromatic rings. The average molecular weight is 859 g/mol. The van der Waals surface area contributed by atoms with Crippen molar-refractivity contribution in [3.8, 4) is 0 Å².